The fourth-order valence-corrected chi connectivity index (χ4v) is 5.72. The Hall–Kier alpha value is -6.06. The summed E-state index contributed by atoms with van der Waals surface area (Å²) in [6, 6.07) is 27.4. The number of hydrogen-bond acceptors (Lipinski definition) is 12. The fraction of sp³-hybridized carbons (Fsp3) is 0.135. The Morgan fingerprint density at radius 2 is 1.21 bits per heavy atom. The molecule has 3 amide bonds. The number of esters is 3. The number of hydroxylamine groups is 1. The Bertz CT molecular complexity index is 2080. The van der Waals surface area contributed by atoms with Gasteiger partial charge in [0.05, 0.1) is 26.7 Å². The van der Waals surface area contributed by atoms with Crippen LogP contribution in [0.4, 0.5) is 4.79 Å². The van der Waals surface area contributed by atoms with Crippen molar-refractivity contribution in [1.29, 1.82) is 0 Å². The van der Waals surface area contributed by atoms with Crippen LogP contribution in [-0.4, -0.2) is 66.2 Å². The van der Waals surface area contributed by atoms with E-state index in [2.05, 4.69) is 10.5 Å². The summed E-state index contributed by atoms with van der Waals surface area (Å²) in [5, 5.41) is 6.21. The number of ether oxygens (including phenoxy) is 4. The first-order valence-electron chi connectivity index (χ1n) is 15.7. The molecule has 2 N–H and O–H groups in total. The third-order valence-electron chi connectivity index (χ3n) is 7.67. The number of aromatic nitrogens is 1. The molecule has 0 radical (unpaired) electrons. The van der Waals surface area contributed by atoms with Crippen LogP contribution >= 0.6 is 23.2 Å². The van der Waals surface area contributed by atoms with E-state index in [9.17, 15) is 24.0 Å². The van der Waals surface area contributed by atoms with Crippen molar-refractivity contribution in [2.75, 3.05) is 6.61 Å². The van der Waals surface area contributed by atoms with Crippen molar-refractivity contribution in [1.82, 2.24) is 16.0 Å². The predicted octanol–water partition coefficient (Wildman–Crippen LogP) is 6.05. The SMILES string of the molecule is O=C(NO[C@H]1O[C@H](COC(=O)c2ccccc2)[C@@H](OC(=O)c2ccccc2)[C@H]1OC(=O)c1ccccc1)NC(=O)c1conc1-c1c(Cl)cccc1Cl. The van der Waals surface area contributed by atoms with Gasteiger partial charge in [0.1, 0.15) is 30.2 Å². The number of amides is 3. The van der Waals surface area contributed by atoms with Crippen LogP contribution in [0.2, 0.25) is 10.0 Å². The van der Waals surface area contributed by atoms with Crippen molar-refractivity contribution in [3.05, 3.63) is 148 Å². The fourth-order valence-electron chi connectivity index (χ4n) is 5.14. The van der Waals surface area contributed by atoms with Gasteiger partial charge >= 0.3 is 23.9 Å². The van der Waals surface area contributed by atoms with Crippen LogP contribution in [0.25, 0.3) is 11.3 Å². The number of carbonyl (C=O) groups excluding carboxylic acids is 5. The van der Waals surface area contributed by atoms with Crippen molar-refractivity contribution in [3.8, 4) is 11.3 Å². The third kappa shape index (κ3) is 8.88. The predicted molar refractivity (Wildman–Crippen MR) is 186 cm³/mol. The Labute approximate surface area is 310 Å². The van der Waals surface area contributed by atoms with Gasteiger partial charge in [-0.3, -0.25) is 10.1 Å². The molecule has 1 fully saturated rings. The summed E-state index contributed by atoms with van der Waals surface area (Å²) in [5.74, 6) is -3.36. The number of nitrogens with zero attached hydrogens (tertiary/aromatic N) is 1. The van der Waals surface area contributed by atoms with Gasteiger partial charge in [-0.25, -0.2) is 29.5 Å². The molecule has 16 heteroatoms. The summed E-state index contributed by atoms with van der Waals surface area (Å²) in [4.78, 5) is 70.9. The Morgan fingerprint density at radius 1 is 0.679 bits per heavy atom. The minimum atomic E-state index is -1.66. The first-order valence-corrected chi connectivity index (χ1v) is 16.5. The Morgan fingerprint density at radius 3 is 1.77 bits per heavy atom. The van der Waals surface area contributed by atoms with Crippen LogP contribution in [0.1, 0.15) is 41.4 Å². The highest BCUT2D eigenvalue weighted by atomic mass is 35.5. The standard InChI is InChI=1S/C37H27Cl2N3O11/c38-25-17-10-18-26(39)28(25)29-24(19-49-41-29)32(43)40-37(47)42-53-36-31(52-35(46)23-15-8-3-9-16-23)30(51-34(45)22-13-6-2-7-14-22)27(50-36)20-48-33(44)21-11-4-1-5-12-21/h1-19,27,30-31,36H,20H2,(H2,40,42,43,47)/t27-,30-,31-,36-/m1/s1. The number of rotatable bonds is 11. The average molecular weight is 761 g/mol. The molecule has 6 rings (SSSR count). The molecule has 0 unspecified atom stereocenters. The summed E-state index contributed by atoms with van der Waals surface area (Å²) in [7, 11) is 0. The van der Waals surface area contributed by atoms with Gasteiger partial charge in [-0.15, -0.1) is 0 Å². The average Bonchev–Trinajstić information content (AvgIpc) is 3.78. The first kappa shape index (κ1) is 36.7. The molecule has 0 aliphatic carbocycles. The third-order valence-corrected chi connectivity index (χ3v) is 8.30. The maximum atomic E-state index is 13.3. The van der Waals surface area contributed by atoms with E-state index in [4.69, 9.17) is 51.5 Å². The lowest BCUT2D eigenvalue weighted by molar-refractivity contribution is -0.192. The zero-order valence-electron chi connectivity index (χ0n) is 27.2. The van der Waals surface area contributed by atoms with E-state index < -0.39 is 61.1 Å². The maximum absolute atomic E-state index is 13.3. The second-order valence-corrected chi connectivity index (χ2v) is 12.0. The summed E-state index contributed by atoms with van der Waals surface area (Å²) in [5.41, 5.74) is 2.53. The molecule has 14 nitrogen and oxygen atoms in total. The van der Waals surface area contributed by atoms with Gasteiger partial charge < -0.3 is 23.5 Å². The summed E-state index contributed by atoms with van der Waals surface area (Å²) >= 11 is 12.5. The van der Waals surface area contributed by atoms with Crippen LogP contribution in [0.5, 0.6) is 0 Å². The van der Waals surface area contributed by atoms with Crippen molar-refractivity contribution >= 4 is 53.0 Å². The molecule has 1 aromatic heterocycles. The Balaban J connectivity index is 1.22. The van der Waals surface area contributed by atoms with E-state index in [1.807, 2.05) is 5.48 Å². The molecule has 2 heterocycles. The van der Waals surface area contributed by atoms with Crippen LogP contribution in [0.3, 0.4) is 0 Å². The highest BCUT2D eigenvalue weighted by Crippen LogP contribution is 2.35. The van der Waals surface area contributed by atoms with Crippen LogP contribution < -0.4 is 10.8 Å². The van der Waals surface area contributed by atoms with E-state index >= 15 is 0 Å². The smallest absolute Gasteiger partial charge is 0.345 e. The van der Waals surface area contributed by atoms with Crippen molar-refractivity contribution in [3.63, 3.8) is 0 Å². The summed E-state index contributed by atoms with van der Waals surface area (Å²) in [6.07, 6.45) is -4.93. The normalized spacial score (nSPS) is 17.7. The molecule has 5 aromatic rings. The number of carbonyl (C=O) groups is 5. The number of nitrogens with one attached hydrogen (secondary N) is 2. The first-order chi connectivity index (χ1) is 25.7. The number of benzene rings is 4. The van der Waals surface area contributed by atoms with Gasteiger partial charge in [0.25, 0.3) is 5.91 Å². The number of imide groups is 1. The van der Waals surface area contributed by atoms with Crippen molar-refractivity contribution in [2.45, 2.75) is 24.6 Å². The quantitative estimate of drug-likeness (QED) is 0.0905. The lowest BCUT2D eigenvalue weighted by atomic mass is 10.1. The van der Waals surface area contributed by atoms with Gasteiger partial charge in [-0.05, 0) is 48.5 Å². The highest BCUT2D eigenvalue weighted by molar-refractivity contribution is 6.39. The van der Waals surface area contributed by atoms with Crippen LogP contribution in [0.15, 0.2) is 120 Å². The molecule has 4 atom stereocenters. The van der Waals surface area contributed by atoms with Gasteiger partial charge in [-0.1, -0.05) is 89.0 Å². The molecule has 0 spiro atoms. The van der Waals surface area contributed by atoms with E-state index in [1.165, 1.54) is 48.5 Å². The lowest BCUT2D eigenvalue weighted by Gasteiger charge is -2.24. The van der Waals surface area contributed by atoms with E-state index in [0.29, 0.717) is 0 Å². The summed E-state index contributed by atoms with van der Waals surface area (Å²) < 4.78 is 27.9. The topological polar surface area (TPSA) is 182 Å². The number of hydrogen-bond donors (Lipinski definition) is 2. The molecule has 53 heavy (non-hydrogen) atoms. The van der Waals surface area contributed by atoms with E-state index in [-0.39, 0.29) is 43.6 Å². The number of urea groups is 1. The minimum Gasteiger partial charge on any atom is -0.459 e. The summed E-state index contributed by atoms with van der Waals surface area (Å²) in [6.45, 7) is -0.495. The monoisotopic (exact) mass is 759 g/mol. The molecule has 0 saturated carbocycles. The maximum Gasteiger partial charge on any atom is 0.345 e. The largest absolute Gasteiger partial charge is 0.459 e. The molecule has 0 bridgehead atoms. The molecule has 1 saturated heterocycles. The van der Waals surface area contributed by atoms with Crippen molar-refractivity contribution < 1.29 is 52.3 Å². The van der Waals surface area contributed by atoms with E-state index in [0.717, 1.165) is 6.26 Å². The highest BCUT2D eigenvalue weighted by Gasteiger charge is 2.52. The van der Waals surface area contributed by atoms with Gasteiger partial charge in [0.15, 0.2) is 12.2 Å². The zero-order chi connectivity index (χ0) is 37.3. The molecule has 270 valence electrons. The Kier molecular flexibility index (Phi) is 11.8. The molecular formula is C37H27Cl2N3O11. The van der Waals surface area contributed by atoms with Gasteiger partial charge in [0.2, 0.25) is 6.29 Å². The zero-order valence-corrected chi connectivity index (χ0v) is 28.7. The molecular weight excluding hydrogens is 733 g/mol. The van der Waals surface area contributed by atoms with E-state index in [1.54, 1.807) is 60.7 Å². The molecule has 1 aliphatic rings. The minimum absolute atomic E-state index is 0.0326. The lowest BCUT2D eigenvalue weighted by Crippen LogP contribution is -2.46. The van der Waals surface area contributed by atoms with Gasteiger partial charge in [-0.2, -0.15) is 0 Å². The van der Waals surface area contributed by atoms with Crippen molar-refractivity contribution in [2.24, 2.45) is 0 Å². The van der Waals surface area contributed by atoms with Crippen LogP contribution in [0, 0.1) is 0 Å². The molecule has 1 aliphatic heterocycles. The number of halogens is 2. The van der Waals surface area contributed by atoms with Crippen LogP contribution in [-0.2, 0) is 23.8 Å². The van der Waals surface area contributed by atoms with Gasteiger partial charge in [0, 0.05) is 5.56 Å². The second kappa shape index (κ2) is 17.0. The molecule has 4 aromatic carbocycles. The second-order valence-electron chi connectivity index (χ2n) is 11.2.